The van der Waals surface area contributed by atoms with Crippen LogP contribution in [0.15, 0.2) is 14.6 Å². The fourth-order valence-corrected chi connectivity index (χ4v) is 3.03. The van der Waals surface area contributed by atoms with Gasteiger partial charge in [0.05, 0.1) is 20.6 Å². The van der Waals surface area contributed by atoms with Gasteiger partial charge in [0.1, 0.15) is 5.56 Å². The van der Waals surface area contributed by atoms with Crippen LogP contribution in [0, 0.1) is 0 Å². The highest BCUT2D eigenvalue weighted by Gasteiger charge is 2.22. The third kappa shape index (κ3) is 4.54. The Kier molecular flexibility index (Phi) is 6.15. The highest BCUT2D eigenvalue weighted by atomic mass is 16.3. The average molecular weight is 323 g/mol. The van der Waals surface area contributed by atoms with Gasteiger partial charge in [0, 0.05) is 25.2 Å². The first kappa shape index (κ1) is 17.5. The smallest absolute Gasteiger partial charge is 0.331 e. The first-order valence-electron chi connectivity index (χ1n) is 8.37. The summed E-state index contributed by atoms with van der Waals surface area (Å²) >= 11 is 0. The number of nitrogens with one attached hydrogen (secondary N) is 2. The van der Waals surface area contributed by atoms with Crippen LogP contribution in [0.1, 0.15) is 50.1 Å². The van der Waals surface area contributed by atoms with Crippen LogP contribution in [0.5, 0.6) is 5.88 Å². The summed E-state index contributed by atoms with van der Waals surface area (Å²) in [5.74, 6) is -0.257. The zero-order valence-electron chi connectivity index (χ0n) is 14.0. The molecular weight excluding hydrogens is 296 g/mol. The summed E-state index contributed by atoms with van der Waals surface area (Å²) in [4.78, 5) is 31.9. The average Bonchev–Trinajstić information content (AvgIpc) is 2.50. The predicted molar refractivity (Wildman–Crippen MR) is 89.9 cm³/mol. The summed E-state index contributed by atoms with van der Waals surface area (Å²) in [6.45, 7) is 1.58. The van der Waals surface area contributed by atoms with Gasteiger partial charge >= 0.3 is 5.69 Å². The van der Waals surface area contributed by atoms with Crippen molar-refractivity contribution in [2.24, 2.45) is 4.99 Å². The van der Waals surface area contributed by atoms with Gasteiger partial charge in [-0.2, -0.15) is 0 Å². The SMILES string of the molecule is C[NH+](C)CCCN=Cc1c(O)n(C2CCCCC2)c(=O)[nH]c1=O. The zero-order valence-corrected chi connectivity index (χ0v) is 14.0. The molecule has 1 aliphatic carbocycles. The molecule has 0 radical (unpaired) electrons. The van der Waals surface area contributed by atoms with E-state index in [1.807, 2.05) is 0 Å². The number of aromatic hydroxyl groups is 1. The molecule has 3 N–H and O–H groups in total. The third-order valence-electron chi connectivity index (χ3n) is 4.28. The molecule has 7 heteroatoms. The molecule has 0 aromatic carbocycles. The van der Waals surface area contributed by atoms with Gasteiger partial charge in [-0.3, -0.25) is 19.3 Å². The lowest BCUT2D eigenvalue weighted by atomic mass is 9.95. The van der Waals surface area contributed by atoms with E-state index >= 15 is 0 Å². The Hall–Kier alpha value is -1.89. The molecule has 1 saturated carbocycles. The van der Waals surface area contributed by atoms with E-state index in [-0.39, 0.29) is 17.5 Å². The number of aromatic nitrogens is 2. The van der Waals surface area contributed by atoms with Gasteiger partial charge in [0.2, 0.25) is 5.88 Å². The molecule has 1 heterocycles. The van der Waals surface area contributed by atoms with Crippen LogP contribution in [-0.4, -0.2) is 48.1 Å². The molecule has 0 saturated heterocycles. The standard InChI is InChI=1S/C16H26N4O3/c1-19(2)10-6-9-17-11-13-14(21)18-16(23)20(15(13)22)12-7-4-3-5-8-12/h11-12,22H,3-10H2,1-2H3,(H,18,21,23)/p+1. The van der Waals surface area contributed by atoms with E-state index in [9.17, 15) is 14.7 Å². The van der Waals surface area contributed by atoms with E-state index in [0.717, 1.165) is 45.1 Å². The Labute approximate surface area is 135 Å². The van der Waals surface area contributed by atoms with Crippen molar-refractivity contribution in [3.05, 3.63) is 26.4 Å². The molecule has 7 nitrogen and oxygen atoms in total. The Morgan fingerprint density at radius 3 is 2.65 bits per heavy atom. The zero-order chi connectivity index (χ0) is 16.8. The van der Waals surface area contributed by atoms with Crippen LogP contribution in [0.4, 0.5) is 0 Å². The van der Waals surface area contributed by atoms with E-state index in [0.29, 0.717) is 6.54 Å². The lowest BCUT2D eigenvalue weighted by molar-refractivity contribution is -0.858. The molecular formula is C16H27N4O3+. The summed E-state index contributed by atoms with van der Waals surface area (Å²) < 4.78 is 1.33. The number of hydrogen-bond acceptors (Lipinski definition) is 4. The van der Waals surface area contributed by atoms with Crippen LogP contribution in [0.25, 0.3) is 0 Å². The molecule has 0 spiro atoms. The maximum Gasteiger partial charge on any atom is 0.331 e. The molecule has 1 aromatic rings. The van der Waals surface area contributed by atoms with Crippen LogP contribution < -0.4 is 16.1 Å². The molecule has 0 atom stereocenters. The first-order valence-corrected chi connectivity index (χ1v) is 8.37. The number of nitrogens with zero attached hydrogens (tertiary/aromatic N) is 2. The van der Waals surface area contributed by atoms with Crippen molar-refractivity contribution in [2.75, 3.05) is 27.2 Å². The molecule has 0 amide bonds. The van der Waals surface area contributed by atoms with Gasteiger partial charge in [-0.25, -0.2) is 4.79 Å². The van der Waals surface area contributed by atoms with Crippen molar-refractivity contribution in [2.45, 2.75) is 44.6 Å². The largest absolute Gasteiger partial charge is 0.494 e. The van der Waals surface area contributed by atoms with E-state index < -0.39 is 11.2 Å². The van der Waals surface area contributed by atoms with Crippen molar-refractivity contribution in [3.8, 4) is 5.88 Å². The minimum absolute atomic E-state index is 0.0439. The summed E-state index contributed by atoms with van der Waals surface area (Å²) in [6, 6.07) is -0.0439. The van der Waals surface area contributed by atoms with Crippen LogP contribution in [-0.2, 0) is 0 Å². The van der Waals surface area contributed by atoms with Crippen molar-refractivity contribution in [3.63, 3.8) is 0 Å². The number of hydrogen-bond donors (Lipinski definition) is 3. The Bertz CT molecular complexity index is 654. The van der Waals surface area contributed by atoms with Gasteiger partial charge in [0.15, 0.2) is 0 Å². The van der Waals surface area contributed by atoms with Crippen molar-refractivity contribution < 1.29 is 10.0 Å². The highest BCUT2D eigenvalue weighted by Crippen LogP contribution is 2.29. The lowest BCUT2D eigenvalue weighted by Crippen LogP contribution is -3.05. The Balaban J connectivity index is 2.20. The van der Waals surface area contributed by atoms with Gasteiger partial charge < -0.3 is 10.0 Å². The maximum absolute atomic E-state index is 12.1. The van der Waals surface area contributed by atoms with Gasteiger partial charge in [-0.15, -0.1) is 0 Å². The van der Waals surface area contributed by atoms with Crippen molar-refractivity contribution >= 4 is 6.21 Å². The van der Waals surface area contributed by atoms with Gasteiger partial charge in [-0.05, 0) is 12.8 Å². The van der Waals surface area contributed by atoms with Crippen LogP contribution in [0.3, 0.4) is 0 Å². The Morgan fingerprint density at radius 2 is 2.00 bits per heavy atom. The number of rotatable bonds is 6. The van der Waals surface area contributed by atoms with E-state index in [1.165, 1.54) is 15.7 Å². The fraction of sp³-hybridized carbons (Fsp3) is 0.688. The normalized spacial score (nSPS) is 16.5. The summed E-state index contributed by atoms with van der Waals surface area (Å²) in [5.41, 5.74) is -1.04. The van der Waals surface area contributed by atoms with Crippen LogP contribution >= 0.6 is 0 Å². The minimum atomic E-state index is -0.582. The van der Waals surface area contributed by atoms with E-state index in [1.54, 1.807) is 0 Å². The van der Waals surface area contributed by atoms with Crippen molar-refractivity contribution in [1.82, 2.24) is 9.55 Å². The number of quaternary nitrogens is 1. The maximum atomic E-state index is 12.1. The summed E-state index contributed by atoms with van der Waals surface area (Å²) in [5, 5.41) is 10.4. The monoisotopic (exact) mass is 323 g/mol. The van der Waals surface area contributed by atoms with Crippen molar-refractivity contribution in [1.29, 1.82) is 0 Å². The molecule has 2 rings (SSSR count). The number of H-pyrrole nitrogens is 1. The van der Waals surface area contributed by atoms with Gasteiger partial charge in [0.25, 0.3) is 5.56 Å². The Morgan fingerprint density at radius 1 is 1.30 bits per heavy atom. The fourth-order valence-electron chi connectivity index (χ4n) is 3.03. The van der Waals surface area contributed by atoms with Crippen LogP contribution in [0.2, 0.25) is 0 Å². The minimum Gasteiger partial charge on any atom is -0.494 e. The molecule has 0 aliphatic heterocycles. The third-order valence-corrected chi connectivity index (χ3v) is 4.28. The molecule has 0 unspecified atom stereocenters. The predicted octanol–water partition coefficient (Wildman–Crippen LogP) is -0.299. The van der Waals surface area contributed by atoms with E-state index in [4.69, 9.17) is 0 Å². The van der Waals surface area contributed by atoms with E-state index in [2.05, 4.69) is 24.1 Å². The summed E-state index contributed by atoms with van der Waals surface area (Å²) in [6.07, 6.45) is 7.20. The molecule has 1 aromatic heterocycles. The highest BCUT2D eigenvalue weighted by molar-refractivity contribution is 5.81. The molecule has 1 aliphatic rings. The molecule has 0 bridgehead atoms. The second-order valence-electron chi connectivity index (χ2n) is 6.50. The molecule has 128 valence electrons. The van der Waals surface area contributed by atoms with Gasteiger partial charge in [-0.1, -0.05) is 19.3 Å². The quantitative estimate of drug-likeness (QED) is 0.496. The summed E-state index contributed by atoms with van der Waals surface area (Å²) in [7, 11) is 4.14. The second-order valence-corrected chi connectivity index (χ2v) is 6.50. The molecule has 23 heavy (non-hydrogen) atoms. The number of aliphatic imine (C=N–C) groups is 1. The topological polar surface area (TPSA) is 91.9 Å². The number of aromatic amines is 1. The second kappa shape index (κ2) is 8.10. The molecule has 1 fully saturated rings. The lowest BCUT2D eigenvalue weighted by Gasteiger charge is -2.24. The first-order chi connectivity index (χ1) is 11.0.